The molecule has 0 saturated heterocycles. The first-order valence-electron chi connectivity index (χ1n) is 6.60. The Labute approximate surface area is 130 Å². The number of pyridine rings is 1. The third-order valence-electron chi connectivity index (χ3n) is 2.97. The molecule has 0 aromatic carbocycles. The van der Waals surface area contributed by atoms with Gasteiger partial charge >= 0.3 is 6.03 Å². The zero-order chi connectivity index (χ0) is 14.8. The van der Waals surface area contributed by atoms with Gasteiger partial charge in [0.05, 0.1) is 6.20 Å². The van der Waals surface area contributed by atoms with Crippen LogP contribution in [0.25, 0.3) is 5.65 Å². The smallest absolute Gasteiger partial charge is 0.320 e. The van der Waals surface area contributed by atoms with Crippen molar-refractivity contribution < 1.29 is 4.79 Å². The Hall–Kier alpha value is -2.06. The largest absolute Gasteiger partial charge is 0.338 e. The van der Waals surface area contributed by atoms with E-state index in [1.54, 1.807) is 6.20 Å². The van der Waals surface area contributed by atoms with Crippen LogP contribution in [0.4, 0.5) is 16.4 Å². The number of hydrazine groups is 1. The van der Waals surface area contributed by atoms with Crippen molar-refractivity contribution in [3.8, 4) is 0 Å². The van der Waals surface area contributed by atoms with Gasteiger partial charge in [0, 0.05) is 23.8 Å². The Bertz CT molecular complexity index is 710. The van der Waals surface area contributed by atoms with Crippen molar-refractivity contribution in [1.82, 2.24) is 20.1 Å². The minimum Gasteiger partial charge on any atom is -0.338 e. The van der Waals surface area contributed by atoms with E-state index in [0.717, 1.165) is 22.5 Å². The molecule has 2 aromatic heterocycles. The monoisotopic (exact) mass is 350 g/mol. The summed E-state index contributed by atoms with van der Waals surface area (Å²) in [5, 5.41) is 7.30. The van der Waals surface area contributed by atoms with Crippen LogP contribution in [0.2, 0.25) is 0 Å². The number of hydrogen-bond donors (Lipinski definition) is 3. The molecule has 0 radical (unpaired) electrons. The molecule has 3 rings (SSSR count). The molecule has 0 unspecified atom stereocenters. The lowest BCUT2D eigenvalue weighted by Gasteiger charge is -2.17. The standard InChI is InChI=1S/C13H15BrN6O/c1-2-15-13(21)18-10-8-19-11(17-10)6-9(14)7-12(19)20-5-3-4-16-20/h3,5-8,16H,2,4H2,1H3,(H2,15,18,21). The van der Waals surface area contributed by atoms with Crippen molar-refractivity contribution in [2.24, 2.45) is 0 Å². The SMILES string of the molecule is CCNC(=O)Nc1cn2c(N3C=CCN3)cc(Br)cc2n1. The van der Waals surface area contributed by atoms with Gasteiger partial charge in [-0.15, -0.1) is 0 Å². The molecule has 0 aliphatic carbocycles. The molecule has 110 valence electrons. The highest BCUT2D eigenvalue weighted by atomic mass is 79.9. The Kier molecular flexibility index (Phi) is 3.80. The van der Waals surface area contributed by atoms with Gasteiger partial charge in [0.15, 0.2) is 5.82 Å². The quantitative estimate of drug-likeness (QED) is 0.792. The number of fused-ring (bicyclic) bond motifs is 1. The van der Waals surface area contributed by atoms with Crippen molar-refractivity contribution in [2.75, 3.05) is 23.4 Å². The van der Waals surface area contributed by atoms with Crippen molar-refractivity contribution in [3.05, 3.63) is 35.1 Å². The van der Waals surface area contributed by atoms with Gasteiger partial charge in [-0.05, 0) is 19.1 Å². The van der Waals surface area contributed by atoms with E-state index in [2.05, 4.69) is 37.0 Å². The maximum absolute atomic E-state index is 11.6. The highest BCUT2D eigenvalue weighted by molar-refractivity contribution is 9.10. The zero-order valence-electron chi connectivity index (χ0n) is 11.4. The topological polar surface area (TPSA) is 73.7 Å². The summed E-state index contributed by atoms with van der Waals surface area (Å²) in [5.74, 6) is 1.41. The molecule has 0 saturated carbocycles. The maximum atomic E-state index is 11.6. The lowest BCUT2D eigenvalue weighted by Crippen LogP contribution is -2.29. The van der Waals surface area contributed by atoms with E-state index in [-0.39, 0.29) is 6.03 Å². The van der Waals surface area contributed by atoms with Gasteiger partial charge in [-0.25, -0.2) is 15.2 Å². The molecule has 2 amide bonds. The number of nitrogens with one attached hydrogen (secondary N) is 3. The fourth-order valence-electron chi connectivity index (χ4n) is 2.12. The predicted octanol–water partition coefficient (Wildman–Crippen LogP) is 2.08. The molecule has 0 atom stereocenters. The van der Waals surface area contributed by atoms with Crippen LogP contribution in [0.3, 0.4) is 0 Å². The van der Waals surface area contributed by atoms with Gasteiger partial charge in [0.2, 0.25) is 0 Å². The van der Waals surface area contributed by atoms with Gasteiger partial charge < -0.3 is 5.32 Å². The second-order valence-corrected chi connectivity index (χ2v) is 5.40. The van der Waals surface area contributed by atoms with Crippen molar-refractivity contribution >= 4 is 39.2 Å². The molecular formula is C13H15BrN6O. The Morgan fingerprint density at radius 1 is 1.52 bits per heavy atom. The second kappa shape index (κ2) is 5.74. The summed E-state index contributed by atoms with van der Waals surface area (Å²) in [7, 11) is 0. The summed E-state index contributed by atoms with van der Waals surface area (Å²) in [6, 6.07) is 3.61. The minimum atomic E-state index is -0.263. The van der Waals surface area contributed by atoms with Gasteiger partial charge in [-0.3, -0.25) is 14.7 Å². The fraction of sp³-hybridized carbons (Fsp3) is 0.231. The molecule has 0 bridgehead atoms. The second-order valence-electron chi connectivity index (χ2n) is 4.49. The summed E-state index contributed by atoms with van der Waals surface area (Å²) < 4.78 is 2.83. The highest BCUT2D eigenvalue weighted by Gasteiger charge is 2.14. The van der Waals surface area contributed by atoms with E-state index in [1.165, 1.54) is 0 Å². The number of aromatic nitrogens is 2. The van der Waals surface area contributed by atoms with Gasteiger partial charge in [0.1, 0.15) is 11.5 Å². The van der Waals surface area contributed by atoms with Gasteiger partial charge in [-0.2, -0.15) is 0 Å². The number of nitrogens with zero attached hydrogens (tertiary/aromatic N) is 3. The average molecular weight is 351 g/mol. The van der Waals surface area contributed by atoms with Crippen LogP contribution in [0.5, 0.6) is 0 Å². The third kappa shape index (κ3) is 2.86. The van der Waals surface area contributed by atoms with Crippen molar-refractivity contribution in [2.45, 2.75) is 6.92 Å². The number of anilines is 2. The van der Waals surface area contributed by atoms with E-state index in [1.807, 2.05) is 40.7 Å². The Morgan fingerprint density at radius 3 is 3.10 bits per heavy atom. The number of urea groups is 1. The van der Waals surface area contributed by atoms with E-state index in [9.17, 15) is 4.79 Å². The van der Waals surface area contributed by atoms with Crippen molar-refractivity contribution in [3.63, 3.8) is 0 Å². The molecule has 21 heavy (non-hydrogen) atoms. The maximum Gasteiger partial charge on any atom is 0.320 e. The molecule has 3 N–H and O–H groups in total. The normalized spacial score (nSPS) is 13.9. The van der Waals surface area contributed by atoms with Crippen LogP contribution < -0.4 is 21.1 Å². The van der Waals surface area contributed by atoms with Crippen LogP contribution in [-0.2, 0) is 0 Å². The van der Waals surface area contributed by atoms with E-state index < -0.39 is 0 Å². The molecule has 0 spiro atoms. The number of rotatable bonds is 3. The van der Waals surface area contributed by atoms with Crippen LogP contribution >= 0.6 is 15.9 Å². The summed E-state index contributed by atoms with van der Waals surface area (Å²) in [6.45, 7) is 3.22. The number of carbonyl (C=O) groups excluding carboxylic acids is 1. The zero-order valence-corrected chi connectivity index (χ0v) is 13.0. The minimum absolute atomic E-state index is 0.263. The number of imidazole rings is 1. The predicted molar refractivity (Wildman–Crippen MR) is 85.2 cm³/mol. The molecule has 3 heterocycles. The van der Waals surface area contributed by atoms with Gasteiger partial charge in [0.25, 0.3) is 0 Å². The number of hydrogen-bond acceptors (Lipinski definition) is 4. The first-order valence-corrected chi connectivity index (χ1v) is 7.39. The molecule has 0 fully saturated rings. The van der Waals surface area contributed by atoms with Crippen LogP contribution in [0, 0.1) is 0 Å². The van der Waals surface area contributed by atoms with Crippen molar-refractivity contribution in [1.29, 1.82) is 0 Å². The summed E-state index contributed by atoms with van der Waals surface area (Å²) in [4.78, 5) is 16.0. The molecule has 1 aliphatic heterocycles. The number of amides is 2. The summed E-state index contributed by atoms with van der Waals surface area (Å²) in [6.07, 6.45) is 5.77. The van der Waals surface area contributed by atoms with Crippen LogP contribution in [-0.4, -0.2) is 28.5 Å². The third-order valence-corrected chi connectivity index (χ3v) is 3.43. The van der Waals surface area contributed by atoms with E-state index in [0.29, 0.717) is 12.4 Å². The summed E-state index contributed by atoms with van der Waals surface area (Å²) >= 11 is 3.48. The first-order chi connectivity index (χ1) is 10.2. The first kappa shape index (κ1) is 13.9. The molecule has 7 nitrogen and oxygen atoms in total. The molecular weight excluding hydrogens is 336 g/mol. The lowest BCUT2D eigenvalue weighted by molar-refractivity contribution is 0.252. The fourth-order valence-corrected chi connectivity index (χ4v) is 2.53. The Balaban J connectivity index is 1.98. The van der Waals surface area contributed by atoms with Crippen LogP contribution in [0.15, 0.2) is 35.1 Å². The summed E-state index contributed by atoms with van der Waals surface area (Å²) in [5.41, 5.74) is 3.96. The van der Waals surface area contributed by atoms with Gasteiger partial charge in [-0.1, -0.05) is 22.0 Å². The van der Waals surface area contributed by atoms with E-state index in [4.69, 9.17) is 0 Å². The molecule has 8 heteroatoms. The number of carbonyl (C=O) groups is 1. The highest BCUT2D eigenvalue weighted by Crippen LogP contribution is 2.25. The Morgan fingerprint density at radius 2 is 2.38 bits per heavy atom. The molecule has 2 aromatic rings. The average Bonchev–Trinajstić information content (AvgIpc) is 3.06. The number of halogens is 1. The van der Waals surface area contributed by atoms with E-state index >= 15 is 0 Å². The molecule has 1 aliphatic rings. The van der Waals surface area contributed by atoms with Crippen LogP contribution in [0.1, 0.15) is 6.92 Å². The lowest BCUT2D eigenvalue weighted by atomic mass is 10.4.